The molecule has 0 bridgehead atoms. The number of ether oxygens (including phenoxy) is 1. The van der Waals surface area contributed by atoms with Crippen LogP contribution in [0.3, 0.4) is 0 Å². The summed E-state index contributed by atoms with van der Waals surface area (Å²) in [4.78, 5) is 10.8. The number of carbonyl (C=O) groups is 1. The van der Waals surface area contributed by atoms with Crippen molar-refractivity contribution in [2.75, 3.05) is 0 Å². The Kier molecular flexibility index (Phi) is 2.23. The van der Waals surface area contributed by atoms with Gasteiger partial charge in [-0.3, -0.25) is 4.79 Å². The first-order chi connectivity index (χ1) is 6.25. The van der Waals surface area contributed by atoms with Crippen molar-refractivity contribution in [3.05, 3.63) is 34.9 Å². The highest BCUT2D eigenvalue weighted by Gasteiger charge is 2.24. The van der Waals surface area contributed by atoms with Crippen LogP contribution in [0.4, 0.5) is 0 Å². The maximum atomic E-state index is 10.8. The molecule has 1 unspecified atom stereocenters. The highest BCUT2D eigenvalue weighted by molar-refractivity contribution is 6.30. The van der Waals surface area contributed by atoms with Crippen LogP contribution in [-0.2, 0) is 9.53 Å². The van der Waals surface area contributed by atoms with Gasteiger partial charge in [0.15, 0.2) is 0 Å². The van der Waals surface area contributed by atoms with Gasteiger partial charge < -0.3 is 4.74 Å². The fourth-order valence-electron chi connectivity index (χ4n) is 1.44. The summed E-state index contributed by atoms with van der Waals surface area (Å²) in [5, 5.41) is 0.702. The molecule has 1 atom stereocenters. The summed E-state index contributed by atoms with van der Waals surface area (Å²) in [6.07, 6.45) is 1.23. The average molecular weight is 197 g/mol. The Morgan fingerprint density at radius 1 is 1.31 bits per heavy atom. The quantitative estimate of drug-likeness (QED) is 0.646. The van der Waals surface area contributed by atoms with Crippen LogP contribution in [-0.4, -0.2) is 5.97 Å². The van der Waals surface area contributed by atoms with Gasteiger partial charge in [0.05, 0.1) is 0 Å². The molecule has 1 aromatic carbocycles. The molecule has 1 aliphatic rings. The number of hydrogen-bond donors (Lipinski definition) is 0. The van der Waals surface area contributed by atoms with Gasteiger partial charge in [-0.1, -0.05) is 23.7 Å². The molecule has 1 saturated heterocycles. The second kappa shape index (κ2) is 3.38. The Bertz CT molecular complexity index is 318. The van der Waals surface area contributed by atoms with E-state index in [4.69, 9.17) is 16.3 Å². The third kappa shape index (κ3) is 1.83. The number of hydrogen-bond acceptors (Lipinski definition) is 2. The standard InChI is InChI=1S/C10H9ClO2/c11-8-3-1-7(2-4-8)9-5-6-10(12)13-9/h1-4,9H,5-6H2. The fourth-order valence-corrected chi connectivity index (χ4v) is 1.56. The minimum atomic E-state index is -0.111. The number of cyclic esters (lactones) is 1. The normalized spacial score (nSPS) is 21.6. The molecule has 2 nitrogen and oxygen atoms in total. The van der Waals surface area contributed by atoms with E-state index in [1.807, 2.05) is 24.3 Å². The fraction of sp³-hybridized carbons (Fsp3) is 0.300. The lowest BCUT2D eigenvalue weighted by Crippen LogP contribution is -1.97. The van der Waals surface area contributed by atoms with Gasteiger partial charge in [0, 0.05) is 11.4 Å². The van der Waals surface area contributed by atoms with E-state index in [1.165, 1.54) is 0 Å². The van der Waals surface area contributed by atoms with Crippen molar-refractivity contribution >= 4 is 17.6 Å². The molecule has 1 aliphatic heterocycles. The maximum absolute atomic E-state index is 10.8. The van der Waals surface area contributed by atoms with Crippen LogP contribution in [0, 0.1) is 0 Å². The predicted octanol–water partition coefficient (Wildman–Crippen LogP) is 2.72. The van der Waals surface area contributed by atoms with Crippen molar-refractivity contribution in [3.8, 4) is 0 Å². The second-order valence-corrected chi connectivity index (χ2v) is 3.51. The molecule has 0 aliphatic carbocycles. The van der Waals surface area contributed by atoms with Crippen molar-refractivity contribution in [2.24, 2.45) is 0 Å². The first-order valence-electron chi connectivity index (χ1n) is 4.20. The zero-order valence-electron chi connectivity index (χ0n) is 7.00. The summed E-state index contributed by atoms with van der Waals surface area (Å²) >= 11 is 5.74. The van der Waals surface area contributed by atoms with Gasteiger partial charge in [-0.05, 0) is 24.1 Å². The number of rotatable bonds is 1. The minimum absolute atomic E-state index is 0.0650. The predicted molar refractivity (Wildman–Crippen MR) is 49.5 cm³/mol. The molecule has 68 valence electrons. The van der Waals surface area contributed by atoms with Crippen molar-refractivity contribution < 1.29 is 9.53 Å². The molecule has 0 saturated carbocycles. The molecule has 1 aromatic rings. The van der Waals surface area contributed by atoms with Gasteiger partial charge in [-0.25, -0.2) is 0 Å². The van der Waals surface area contributed by atoms with Crippen LogP contribution in [0.2, 0.25) is 5.02 Å². The smallest absolute Gasteiger partial charge is 0.306 e. The SMILES string of the molecule is O=C1CCC(c2ccc(Cl)cc2)O1. The Hall–Kier alpha value is -1.02. The molecule has 13 heavy (non-hydrogen) atoms. The van der Waals surface area contributed by atoms with E-state index in [-0.39, 0.29) is 12.1 Å². The van der Waals surface area contributed by atoms with Gasteiger partial charge >= 0.3 is 5.97 Å². The van der Waals surface area contributed by atoms with Crippen LogP contribution in [0.15, 0.2) is 24.3 Å². The van der Waals surface area contributed by atoms with Gasteiger partial charge in [0.1, 0.15) is 6.10 Å². The van der Waals surface area contributed by atoms with Crippen molar-refractivity contribution in [3.63, 3.8) is 0 Å². The number of benzene rings is 1. The molecule has 3 heteroatoms. The van der Waals surface area contributed by atoms with E-state index >= 15 is 0 Å². The monoisotopic (exact) mass is 196 g/mol. The zero-order chi connectivity index (χ0) is 9.26. The zero-order valence-corrected chi connectivity index (χ0v) is 7.75. The third-order valence-electron chi connectivity index (χ3n) is 2.13. The third-order valence-corrected chi connectivity index (χ3v) is 2.38. The average Bonchev–Trinajstić information content (AvgIpc) is 2.53. The first kappa shape index (κ1) is 8.57. The molecule has 0 radical (unpaired) electrons. The topological polar surface area (TPSA) is 26.3 Å². The Balaban J connectivity index is 2.17. The molecular formula is C10H9ClO2. The van der Waals surface area contributed by atoms with Gasteiger partial charge in [0.2, 0.25) is 0 Å². The molecule has 0 spiro atoms. The number of halogens is 1. The second-order valence-electron chi connectivity index (χ2n) is 3.07. The summed E-state index contributed by atoms with van der Waals surface area (Å²) < 4.78 is 5.11. The summed E-state index contributed by atoms with van der Waals surface area (Å²) in [6.45, 7) is 0. The highest BCUT2D eigenvalue weighted by atomic mass is 35.5. The minimum Gasteiger partial charge on any atom is -0.457 e. The van der Waals surface area contributed by atoms with E-state index in [2.05, 4.69) is 0 Å². The largest absolute Gasteiger partial charge is 0.457 e. The van der Waals surface area contributed by atoms with Gasteiger partial charge in [-0.2, -0.15) is 0 Å². The van der Waals surface area contributed by atoms with Crippen LogP contribution < -0.4 is 0 Å². The van der Waals surface area contributed by atoms with E-state index in [0.717, 1.165) is 12.0 Å². The van der Waals surface area contributed by atoms with Crippen LogP contribution >= 0.6 is 11.6 Å². The van der Waals surface area contributed by atoms with Crippen LogP contribution in [0.25, 0.3) is 0 Å². The summed E-state index contributed by atoms with van der Waals surface area (Å²) in [5.74, 6) is -0.111. The maximum Gasteiger partial charge on any atom is 0.306 e. The summed E-state index contributed by atoms with van der Waals surface area (Å²) in [5.41, 5.74) is 1.02. The number of esters is 1. The van der Waals surface area contributed by atoms with Crippen molar-refractivity contribution in [1.82, 2.24) is 0 Å². The lowest BCUT2D eigenvalue weighted by Gasteiger charge is -2.08. The van der Waals surface area contributed by atoms with E-state index in [0.29, 0.717) is 11.4 Å². The highest BCUT2D eigenvalue weighted by Crippen LogP contribution is 2.29. The lowest BCUT2D eigenvalue weighted by atomic mass is 10.1. The van der Waals surface area contributed by atoms with E-state index < -0.39 is 0 Å². The summed E-state index contributed by atoms with van der Waals surface area (Å²) in [7, 11) is 0. The molecule has 0 amide bonds. The van der Waals surface area contributed by atoms with Crippen molar-refractivity contribution in [2.45, 2.75) is 18.9 Å². The lowest BCUT2D eigenvalue weighted by molar-refractivity contribution is -0.141. The van der Waals surface area contributed by atoms with Gasteiger partial charge in [-0.15, -0.1) is 0 Å². The first-order valence-corrected chi connectivity index (χ1v) is 4.58. The van der Waals surface area contributed by atoms with Gasteiger partial charge in [0.25, 0.3) is 0 Å². The molecule has 2 rings (SSSR count). The Morgan fingerprint density at radius 2 is 2.00 bits per heavy atom. The molecule has 0 aromatic heterocycles. The van der Waals surface area contributed by atoms with Crippen LogP contribution in [0.1, 0.15) is 24.5 Å². The Labute approximate surface area is 81.5 Å². The van der Waals surface area contributed by atoms with Crippen molar-refractivity contribution in [1.29, 1.82) is 0 Å². The Morgan fingerprint density at radius 3 is 2.54 bits per heavy atom. The van der Waals surface area contributed by atoms with E-state index in [9.17, 15) is 4.79 Å². The van der Waals surface area contributed by atoms with E-state index in [1.54, 1.807) is 0 Å². The molecule has 1 fully saturated rings. The van der Waals surface area contributed by atoms with Crippen LogP contribution in [0.5, 0.6) is 0 Å². The molecular weight excluding hydrogens is 188 g/mol. The molecule has 1 heterocycles. The molecule has 0 N–H and O–H groups in total. The number of carbonyl (C=O) groups excluding carboxylic acids is 1. The summed E-state index contributed by atoms with van der Waals surface area (Å²) in [6, 6.07) is 7.41.